The van der Waals surface area contributed by atoms with Crippen molar-refractivity contribution in [2.45, 2.75) is 65.3 Å². The van der Waals surface area contributed by atoms with Crippen LogP contribution in [0.2, 0.25) is 5.04 Å². The van der Waals surface area contributed by atoms with Gasteiger partial charge in [0, 0.05) is 0 Å². The van der Waals surface area contributed by atoms with Crippen LogP contribution in [0.15, 0.2) is 78.9 Å². The van der Waals surface area contributed by atoms with E-state index in [-0.39, 0.29) is 5.04 Å². The SMILES string of the molecule is CC(C)c1cccc(C(C)C)c1OC#C[Si](c1ccccc1)(c1ccccc1)C(C)(C)C. The van der Waals surface area contributed by atoms with Crippen LogP contribution >= 0.6 is 0 Å². The smallest absolute Gasteiger partial charge is 0.208 e. The third-order valence-corrected chi connectivity index (χ3v) is 11.4. The van der Waals surface area contributed by atoms with Gasteiger partial charge in [-0.05, 0) is 38.4 Å². The highest BCUT2D eigenvalue weighted by Gasteiger charge is 2.47. The lowest BCUT2D eigenvalue weighted by atomic mass is 9.94. The summed E-state index contributed by atoms with van der Waals surface area (Å²) in [4.78, 5) is 0. The summed E-state index contributed by atoms with van der Waals surface area (Å²) in [6.45, 7) is 15.8. The Hall–Kier alpha value is -2.76. The Morgan fingerprint density at radius 2 is 1.09 bits per heavy atom. The van der Waals surface area contributed by atoms with Crippen LogP contribution in [0.25, 0.3) is 0 Å². The van der Waals surface area contributed by atoms with Crippen molar-refractivity contribution in [2.24, 2.45) is 0 Å². The highest BCUT2D eigenvalue weighted by atomic mass is 28.3. The van der Waals surface area contributed by atoms with Gasteiger partial charge in [-0.1, -0.05) is 133 Å². The van der Waals surface area contributed by atoms with Gasteiger partial charge in [0.1, 0.15) is 11.9 Å². The Balaban J connectivity index is 2.20. The van der Waals surface area contributed by atoms with E-state index in [1.807, 2.05) is 0 Å². The van der Waals surface area contributed by atoms with Crippen LogP contribution in [0.5, 0.6) is 5.75 Å². The summed E-state index contributed by atoms with van der Waals surface area (Å²) >= 11 is 0. The molecule has 0 N–H and O–H groups in total. The first kappa shape index (κ1) is 23.9. The zero-order valence-corrected chi connectivity index (χ0v) is 21.6. The lowest BCUT2D eigenvalue weighted by Crippen LogP contribution is -2.63. The maximum absolute atomic E-state index is 6.36. The van der Waals surface area contributed by atoms with Crippen molar-refractivity contribution in [3.05, 3.63) is 90.0 Å². The Morgan fingerprint density at radius 1 is 0.656 bits per heavy atom. The molecule has 0 aliphatic heterocycles. The molecule has 0 unspecified atom stereocenters. The van der Waals surface area contributed by atoms with E-state index in [9.17, 15) is 0 Å². The molecule has 3 aromatic carbocycles. The van der Waals surface area contributed by atoms with E-state index < -0.39 is 8.07 Å². The van der Waals surface area contributed by atoms with Gasteiger partial charge in [0.15, 0.2) is 0 Å². The highest BCUT2D eigenvalue weighted by Crippen LogP contribution is 2.36. The molecule has 166 valence electrons. The number of hydrogen-bond acceptors (Lipinski definition) is 1. The van der Waals surface area contributed by atoms with E-state index >= 15 is 0 Å². The summed E-state index contributed by atoms with van der Waals surface area (Å²) in [5, 5.41) is 2.61. The lowest BCUT2D eigenvalue weighted by Gasteiger charge is -2.39. The molecule has 0 saturated carbocycles. The Labute approximate surface area is 195 Å². The van der Waals surface area contributed by atoms with Crippen LogP contribution in [-0.4, -0.2) is 8.07 Å². The largest absolute Gasteiger partial charge is 0.408 e. The molecule has 0 aliphatic rings. The minimum absolute atomic E-state index is 0.0233. The van der Waals surface area contributed by atoms with Gasteiger partial charge in [0.2, 0.25) is 8.07 Å². The molecule has 0 atom stereocenters. The van der Waals surface area contributed by atoms with Crippen LogP contribution in [0, 0.1) is 11.7 Å². The molecule has 0 aliphatic carbocycles. The molecule has 32 heavy (non-hydrogen) atoms. The molecular weight excluding hydrogens is 404 g/mol. The third kappa shape index (κ3) is 4.69. The number of ether oxygens (including phenoxy) is 1. The average Bonchev–Trinajstić information content (AvgIpc) is 2.76. The van der Waals surface area contributed by atoms with Crippen LogP contribution in [0.3, 0.4) is 0 Å². The first-order valence-corrected chi connectivity index (χ1v) is 13.6. The lowest BCUT2D eigenvalue weighted by molar-refractivity contribution is 0.497. The van der Waals surface area contributed by atoms with Gasteiger partial charge in [0.05, 0.1) is 0 Å². The Kier molecular flexibility index (Phi) is 7.32. The van der Waals surface area contributed by atoms with Gasteiger partial charge in [0.25, 0.3) is 0 Å². The molecule has 1 nitrogen and oxygen atoms in total. The Morgan fingerprint density at radius 3 is 1.47 bits per heavy atom. The van der Waals surface area contributed by atoms with Crippen molar-refractivity contribution in [1.29, 1.82) is 0 Å². The van der Waals surface area contributed by atoms with Crippen molar-refractivity contribution in [3.8, 4) is 17.4 Å². The molecule has 0 amide bonds. The number of para-hydroxylation sites is 1. The zero-order chi connectivity index (χ0) is 23.4. The molecule has 0 saturated heterocycles. The molecule has 0 aromatic heterocycles. The standard InChI is InChI=1S/C30H36OSi/c1-23(2)27-19-14-20-28(24(3)4)29(27)31-21-22-32(30(5,6)7,25-15-10-8-11-16-25)26-17-12-9-13-18-26/h8-20,23-24H,1-7H3. The summed E-state index contributed by atoms with van der Waals surface area (Å²) < 4.78 is 6.36. The summed E-state index contributed by atoms with van der Waals surface area (Å²) in [7, 11) is -2.48. The topological polar surface area (TPSA) is 9.23 Å². The van der Waals surface area contributed by atoms with Gasteiger partial charge in [-0.15, -0.1) is 0 Å². The average molecular weight is 441 g/mol. The minimum Gasteiger partial charge on any atom is -0.408 e. The van der Waals surface area contributed by atoms with Gasteiger partial charge < -0.3 is 4.74 Å². The van der Waals surface area contributed by atoms with Gasteiger partial charge in [-0.25, -0.2) is 0 Å². The van der Waals surface area contributed by atoms with Crippen LogP contribution in [0.4, 0.5) is 0 Å². The predicted molar refractivity (Wildman–Crippen MR) is 141 cm³/mol. The summed E-state index contributed by atoms with van der Waals surface area (Å²) in [6, 6.07) is 28.1. The first-order valence-electron chi connectivity index (χ1n) is 11.6. The minimum atomic E-state index is -2.48. The maximum atomic E-state index is 6.36. The number of hydrogen-bond donors (Lipinski definition) is 0. The molecule has 0 bridgehead atoms. The van der Waals surface area contributed by atoms with Crippen molar-refractivity contribution in [1.82, 2.24) is 0 Å². The quantitative estimate of drug-likeness (QED) is 0.310. The van der Waals surface area contributed by atoms with E-state index in [1.165, 1.54) is 21.5 Å². The fraction of sp³-hybridized carbons (Fsp3) is 0.333. The van der Waals surface area contributed by atoms with Crippen LogP contribution in [-0.2, 0) is 0 Å². The maximum Gasteiger partial charge on any atom is 0.208 e. The zero-order valence-electron chi connectivity index (χ0n) is 20.6. The van der Waals surface area contributed by atoms with E-state index in [0.29, 0.717) is 11.8 Å². The van der Waals surface area contributed by atoms with Crippen molar-refractivity contribution in [3.63, 3.8) is 0 Å². The molecule has 2 heteroatoms. The Bertz CT molecular complexity index is 1010. The van der Waals surface area contributed by atoms with E-state index in [4.69, 9.17) is 4.74 Å². The molecular formula is C30H36OSi. The van der Waals surface area contributed by atoms with Crippen LogP contribution < -0.4 is 15.1 Å². The van der Waals surface area contributed by atoms with Gasteiger partial charge >= 0.3 is 0 Å². The predicted octanol–water partition coefficient (Wildman–Crippen LogP) is 6.88. The van der Waals surface area contributed by atoms with Crippen LogP contribution in [0.1, 0.15) is 71.4 Å². The number of rotatable bonds is 5. The molecule has 0 radical (unpaired) electrons. The van der Waals surface area contributed by atoms with E-state index in [2.05, 4.69) is 139 Å². The second-order valence-corrected chi connectivity index (χ2v) is 14.5. The van der Waals surface area contributed by atoms with E-state index in [0.717, 1.165) is 5.75 Å². The summed E-state index contributed by atoms with van der Waals surface area (Å²) in [5.41, 5.74) is 6.18. The fourth-order valence-corrected chi connectivity index (χ4v) is 8.81. The fourth-order valence-electron chi connectivity index (χ4n) is 4.49. The molecule has 0 heterocycles. The summed E-state index contributed by atoms with van der Waals surface area (Å²) in [5.74, 6) is 1.68. The summed E-state index contributed by atoms with van der Waals surface area (Å²) in [6.07, 6.45) is 3.25. The third-order valence-electron chi connectivity index (χ3n) is 6.25. The first-order chi connectivity index (χ1) is 15.2. The molecule has 0 fully saturated rings. The highest BCUT2D eigenvalue weighted by molar-refractivity contribution is 7.10. The number of benzene rings is 3. The van der Waals surface area contributed by atoms with E-state index in [1.54, 1.807) is 0 Å². The molecule has 3 aromatic rings. The monoisotopic (exact) mass is 440 g/mol. The van der Waals surface area contributed by atoms with Gasteiger partial charge in [-0.2, -0.15) is 0 Å². The second kappa shape index (κ2) is 9.80. The van der Waals surface area contributed by atoms with Crippen molar-refractivity contribution >= 4 is 18.4 Å². The van der Waals surface area contributed by atoms with Gasteiger partial charge in [-0.3, -0.25) is 0 Å². The second-order valence-electron chi connectivity index (χ2n) is 10.1. The van der Waals surface area contributed by atoms with Crippen molar-refractivity contribution < 1.29 is 4.74 Å². The molecule has 0 spiro atoms. The molecule has 3 rings (SSSR count). The van der Waals surface area contributed by atoms with Crippen molar-refractivity contribution in [2.75, 3.05) is 0 Å². The normalized spacial score (nSPS) is 11.9.